The summed E-state index contributed by atoms with van der Waals surface area (Å²) in [5.74, 6) is -0.529. The van der Waals surface area contributed by atoms with Crippen molar-refractivity contribution in [2.45, 2.75) is 26.1 Å². The van der Waals surface area contributed by atoms with Crippen molar-refractivity contribution in [1.29, 1.82) is 0 Å². The molecule has 0 radical (unpaired) electrons. The van der Waals surface area contributed by atoms with Crippen LogP contribution in [0.1, 0.15) is 29.3 Å². The summed E-state index contributed by atoms with van der Waals surface area (Å²) in [6.45, 7) is 1.61. The molecule has 1 unspecified atom stereocenters. The van der Waals surface area contributed by atoms with Crippen LogP contribution in [0.2, 0.25) is 0 Å². The van der Waals surface area contributed by atoms with E-state index in [1.54, 1.807) is 12.1 Å². The number of nitrogens with one attached hydrogen (secondary N) is 1. The lowest BCUT2D eigenvalue weighted by molar-refractivity contribution is 0.0478. The van der Waals surface area contributed by atoms with E-state index >= 15 is 0 Å². The van der Waals surface area contributed by atoms with Gasteiger partial charge < -0.3 is 9.47 Å². The number of hydrogen-bond donors (Lipinski definition) is 1. The molecular formula is C19H20FNO4. The van der Waals surface area contributed by atoms with E-state index in [1.807, 2.05) is 30.3 Å². The molecule has 0 saturated carbocycles. The van der Waals surface area contributed by atoms with Crippen LogP contribution < -0.4 is 5.32 Å². The first-order valence-corrected chi connectivity index (χ1v) is 7.93. The first kappa shape index (κ1) is 18.4. The molecule has 132 valence electrons. The number of halogens is 1. The van der Waals surface area contributed by atoms with E-state index in [1.165, 1.54) is 19.1 Å². The van der Waals surface area contributed by atoms with Gasteiger partial charge in [0.1, 0.15) is 12.8 Å². The van der Waals surface area contributed by atoms with Crippen molar-refractivity contribution in [3.8, 4) is 0 Å². The zero-order valence-corrected chi connectivity index (χ0v) is 13.9. The minimum absolute atomic E-state index is 0.0301. The van der Waals surface area contributed by atoms with Crippen LogP contribution in [0, 0.1) is 0 Å². The second-order valence-corrected chi connectivity index (χ2v) is 5.47. The molecule has 0 spiro atoms. The predicted octanol–water partition coefficient (Wildman–Crippen LogP) is 4.34. The number of ether oxygens (including phenoxy) is 2. The molecule has 0 fully saturated rings. The Bertz CT molecular complexity index is 686. The maximum absolute atomic E-state index is 12.7. The number of rotatable bonds is 7. The van der Waals surface area contributed by atoms with Crippen LogP contribution >= 0.6 is 0 Å². The van der Waals surface area contributed by atoms with Gasteiger partial charge in [-0.2, -0.15) is 0 Å². The first-order chi connectivity index (χ1) is 12.0. The Morgan fingerprint density at radius 3 is 2.36 bits per heavy atom. The van der Waals surface area contributed by atoms with E-state index in [4.69, 9.17) is 9.47 Å². The number of carbonyl (C=O) groups excluding carboxylic acids is 2. The largest absolute Gasteiger partial charge is 0.462 e. The van der Waals surface area contributed by atoms with Gasteiger partial charge in [0.15, 0.2) is 0 Å². The van der Waals surface area contributed by atoms with Gasteiger partial charge in [0.25, 0.3) is 0 Å². The smallest absolute Gasteiger partial charge is 0.411 e. The van der Waals surface area contributed by atoms with Crippen molar-refractivity contribution in [2.75, 3.05) is 11.9 Å². The molecule has 1 atom stereocenters. The molecule has 1 amide bonds. The lowest BCUT2D eigenvalue weighted by Crippen LogP contribution is -2.14. The van der Waals surface area contributed by atoms with E-state index in [0.717, 1.165) is 5.56 Å². The van der Waals surface area contributed by atoms with Gasteiger partial charge >= 0.3 is 12.1 Å². The Labute approximate surface area is 145 Å². The van der Waals surface area contributed by atoms with Crippen molar-refractivity contribution in [3.63, 3.8) is 0 Å². The van der Waals surface area contributed by atoms with Gasteiger partial charge in [0.2, 0.25) is 0 Å². The first-order valence-electron chi connectivity index (χ1n) is 7.93. The molecule has 0 aliphatic carbocycles. The highest BCUT2D eigenvalue weighted by atomic mass is 19.1. The third kappa shape index (κ3) is 6.63. The summed E-state index contributed by atoms with van der Waals surface area (Å²) in [6.07, 6.45) is -1.43. The van der Waals surface area contributed by atoms with Gasteiger partial charge in [0.05, 0.1) is 12.2 Å². The second kappa shape index (κ2) is 9.42. The summed E-state index contributed by atoms with van der Waals surface area (Å²) in [6, 6.07) is 15.5. The SMILES string of the molecule is CC(F)CCOC(=O)c1ccc(NC(=O)OCc2ccccc2)cc1. The monoisotopic (exact) mass is 345 g/mol. The van der Waals surface area contributed by atoms with Crippen molar-refractivity contribution < 1.29 is 23.5 Å². The standard InChI is InChI=1S/C19H20FNO4/c1-14(20)11-12-24-18(22)16-7-9-17(10-8-16)21-19(23)25-13-15-5-3-2-4-6-15/h2-10,14H,11-13H2,1H3,(H,21,23). The number of hydrogen-bond acceptors (Lipinski definition) is 4. The van der Waals surface area contributed by atoms with Gasteiger partial charge in [-0.05, 0) is 36.8 Å². The van der Waals surface area contributed by atoms with Crippen LogP contribution in [-0.2, 0) is 16.1 Å². The molecule has 0 saturated heterocycles. The molecule has 0 aromatic heterocycles. The lowest BCUT2D eigenvalue weighted by atomic mass is 10.2. The maximum atomic E-state index is 12.7. The Hall–Kier alpha value is -2.89. The van der Waals surface area contributed by atoms with E-state index in [9.17, 15) is 14.0 Å². The van der Waals surface area contributed by atoms with Crippen LogP contribution in [-0.4, -0.2) is 24.8 Å². The summed E-state index contributed by atoms with van der Waals surface area (Å²) in [4.78, 5) is 23.5. The number of amides is 1. The van der Waals surface area contributed by atoms with Crippen molar-refractivity contribution >= 4 is 17.7 Å². The summed E-state index contributed by atoms with van der Waals surface area (Å²) < 4.78 is 22.7. The molecular weight excluding hydrogens is 325 g/mol. The molecule has 0 aliphatic rings. The quantitative estimate of drug-likeness (QED) is 0.758. The van der Waals surface area contributed by atoms with E-state index < -0.39 is 18.2 Å². The minimum Gasteiger partial charge on any atom is -0.462 e. The van der Waals surface area contributed by atoms with E-state index in [0.29, 0.717) is 11.3 Å². The summed E-state index contributed by atoms with van der Waals surface area (Å²) in [5.41, 5.74) is 1.71. The van der Waals surface area contributed by atoms with Crippen LogP contribution in [0.4, 0.5) is 14.9 Å². The molecule has 6 heteroatoms. The topological polar surface area (TPSA) is 64.6 Å². The third-order valence-electron chi connectivity index (χ3n) is 3.33. The molecule has 2 rings (SSSR count). The van der Waals surface area contributed by atoms with Crippen LogP contribution in [0.5, 0.6) is 0 Å². The van der Waals surface area contributed by atoms with Gasteiger partial charge in [0, 0.05) is 12.1 Å². The fourth-order valence-corrected chi connectivity index (χ4v) is 1.96. The zero-order valence-electron chi connectivity index (χ0n) is 13.9. The summed E-state index contributed by atoms with van der Waals surface area (Å²) in [5, 5.41) is 2.57. The van der Waals surface area contributed by atoms with Crippen molar-refractivity contribution in [2.24, 2.45) is 0 Å². The van der Waals surface area contributed by atoms with Gasteiger partial charge in [-0.3, -0.25) is 5.32 Å². The van der Waals surface area contributed by atoms with Crippen LogP contribution in [0.15, 0.2) is 54.6 Å². The van der Waals surface area contributed by atoms with Gasteiger partial charge in [-0.25, -0.2) is 14.0 Å². The molecule has 25 heavy (non-hydrogen) atoms. The van der Waals surface area contributed by atoms with Crippen LogP contribution in [0.25, 0.3) is 0 Å². The predicted molar refractivity (Wildman–Crippen MR) is 92.2 cm³/mol. The molecule has 2 aromatic carbocycles. The fraction of sp³-hybridized carbons (Fsp3) is 0.263. The Morgan fingerprint density at radius 1 is 1.04 bits per heavy atom. The number of anilines is 1. The number of benzene rings is 2. The number of alkyl halides is 1. The highest BCUT2D eigenvalue weighted by molar-refractivity contribution is 5.91. The zero-order chi connectivity index (χ0) is 18.1. The third-order valence-corrected chi connectivity index (χ3v) is 3.33. The Kier molecular flexibility index (Phi) is 6.95. The normalized spacial score (nSPS) is 11.4. The van der Waals surface area contributed by atoms with E-state index in [2.05, 4.69) is 5.32 Å². The van der Waals surface area contributed by atoms with Gasteiger partial charge in [-0.15, -0.1) is 0 Å². The number of carbonyl (C=O) groups is 2. The molecule has 0 heterocycles. The minimum atomic E-state index is -1.01. The molecule has 0 aliphatic heterocycles. The molecule has 1 N–H and O–H groups in total. The van der Waals surface area contributed by atoms with Crippen molar-refractivity contribution in [1.82, 2.24) is 0 Å². The molecule has 2 aromatic rings. The highest BCUT2D eigenvalue weighted by Gasteiger charge is 2.09. The lowest BCUT2D eigenvalue weighted by Gasteiger charge is -2.08. The van der Waals surface area contributed by atoms with Gasteiger partial charge in [-0.1, -0.05) is 30.3 Å². The summed E-state index contributed by atoms with van der Waals surface area (Å²) in [7, 11) is 0. The fourth-order valence-electron chi connectivity index (χ4n) is 1.96. The average molecular weight is 345 g/mol. The summed E-state index contributed by atoms with van der Waals surface area (Å²) >= 11 is 0. The maximum Gasteiger partial charge on any atom is 0.411 e. The number of esters is 1. The van der Waals surface area contributed by atoms with Crippen molar-refractivity contribution in [3.05, 3.63) is 65.7 Å². The Balaban J connectivity index is 1.79. The Morgan fingerprint density at radius 2 is 1.72 bits per heavy atom. The molecule has 0 bridgehead atoms. The molecule has 5 nitrogen and oxygen atoms in total. The van der Waals surface area contributed by atoms with E-state index in [-0.39, 0.29) is 19.6 Å². The van der Waals surface area contributed by atoms with Crippen LogP contribution in [0.3, 0.4) is 0 Å². The second-order valence-electron chi connectivity index (χ2n) is 5.47. The average Bonchev–Trinajstić information content (AvgIpc) is 2.61. The highest BCUT2D eigenvalue weighted by Crippen LogP contribution is 2.12.